The fourth-order valence-corrected chi connectivity index (χ4v) is 1.81. The summed E-state index contributed by atoms with van der Waals surface area (Å²) in [6.45, 7) is 1.61. The van der Waals surface area contributed by atoms with Crippen molar-refractivity contribution in [1.29, 1.82) is 0 Å². The van der Waals surface area contributed by atoms with Crippen molar-refractivity contribution in [2.24, 2.45) is 11.1 Å². The second kappa shape index (κ2) is 5.03. The van der Waals surface area contributed by atoms with Gasteiger partial charge < -0.3 is 16.4 Å². The molecule has 0 heterocycles. The van der Waals surface area contributed by atoms with Gasteiger partial charge in [-0.25, -0.2) is 0 Å². The second-order valence-corrected chi connectivity index (χ2v) is 4.39. The molecule has 1 unspecified atom stereocenters. The molecule has 18 heavy (non-hydrogen) atoms. The van der Waals surface area contributed by atoms with E-state index in [1.54, 1.807) is 6.92 Å². The number of amides is 3. The van der Waals surface area contributed by atoms with Gasteiger partial charge in [-0.1, -0.05) is 6.08 Å². The van der Waals surface area contributed by atoms with Crippen LogP contribution in [-0.2, 0) is 14.4 Å². The molecule has 4 N–H and O–H groups in total. The third kappa shape index (κ3) is 2.58. The van der Waals surface area contributed by atoms with Crippen LogP contribution in [-0.4, -0.2) is 31.8 Å². The predicted octanol–water partition coefficient (Wildman–Crippen LogP) is -0.773. The van der Waals surface area contributed by atoms with E-state index in [9.17, 15) is 14.4 Å². The average molecular weight is 251 g/mol. The zero-order chi connectivity index (χ0) is 13.9. The van der Waals surface area contributed by atoms with E-state index in [1.807, 2.05) is 0 Å². The number of rotatable bonds is 3. The number of primary amides is 1. The van der Waals surface area contributed by atoms with Crippen molar-refractivity contribution in [3.63, 3.8) is 0 Å². The minimum absolute atomic E-state index is 0.183. The molecule has 1 rings (SSSR count). The number of carbonyl (C=O) groups is 3. The molecule has 6 nitrogen and oxygen atoms in total. The number of carbonyl (C=O) groups excluding carboxylic acids is 3. The van der Waals surface area contributed by atoms with E-state index >= 15 is 0 Å². The van der Waals surface area contributed by atoms with E-state index in [-0.39, 0.29) is 23.8 Å². The molecule has 0 spiro atoms. The molecule has 0 saturated carbocycles. The molecule has 0 aromatic heterocycles. The standard InChI is InChI=1S/C12H17N3O3/c1-12(11(13)18)5-7(9(16)14-2)4-8(6-12)10(17)15-3/h4-5H,6H2,1-3H3,(H2,13,18)(H,14,16)(H,15,17). The monoisotopic (exact) mass is 251 g/mol. The second-order valence-electron chi connectivity index (χ2n) is 4.39. The SMILES string of the molecule is CNC(=O)C1=CC(C)(C(N)=O)CC(C(=O)NC)=C1. The Kier molecular flexibility index (Phi) is 3.90. The lowest BCUT2D eigenvalue weighted by Gasteiger charge is -2.27. The van der Waals surface area contributed by atoms with E-state index in [1.165, 1.54) is 26.2 Å². The number of likely N-dealkylation sites (N-methyl/N-ethyl adjacent to an activating group) is 2. The summed E-state index contributed by atoms with van der Waals surface area (Å²) in [4.78, 5) is 34.7. The first-order chi connectivity index (χ1) is 8.34. The molecular formula is C12H17N3O3. The minimum Gasteiger partial charge on any atom is -0.369 e. The Hall–Kier alpha value is -2.11. The van der Waals surface area contributed by atoms with Gasteiger partial charge in [0.1, 0.15) is 0 Å². The molecule has 0 saturated heterocycles. The van der Waals surface area contributed by atoms with Crippen LogP contribution in [0.2, 0.25) is 0 Å². The van der Waals surface area contributed by atoms with E-state index in [2.05, 4.69) is 10.6 Å². The van der Waals surface area contributed by atoms with Gasteiger partial charge in [-0.2, -0.15) is 0 Å². The highest BCUT2D eigenvalue weighted by Gasteiger charge is 2.35. The molecule has 0 radical (unpaired) electrons. The zero-order valence-corrected chi connectivity index (χ0v) is 10.7. The van der Waals surface area contributed by atoms with Crippen molar-refractivity contribution in [3.05, 3.63) is 23.3 Å². The third-order valence-corrected chi connectivity index (χ3v) is 2.93. The van der Waals surface area contributed by atoms with Crippen molar-refractivity contribution in [2.45, 2.75) is 13.3 Å². The Balaban J connectivity index is 3.23. The van der Waals surface area contributed by atoms with Crippen LogP contribution in [0.1, 0.15) is 13.3 Å². The normalized spacial score (nSPS) is 22.6. The maximum Gasteiger partial charge on any atom is 0.250 e. The molecule has 0 aliphatic heterocycles. The Labute approximate surface area is 105 Å². The molecule has 3 amide bonds. The molecular weight excluding hydrogens is 234 g/mol. The fraction of sp³-hybridized carbons (Fsp3) is 0.417. The molecule has 1 aliphatic carbocycles. The molecule has 0 aromatic rings. The Morgan fingerprint density at radius 2 is 1.78 bits per heavy atom. The molecule has 1 atom stereocenters. The van der Waals surface area contributed by atoms with Crippen LogP contribution in [0.5, 0.6) is 0 Å². The Morgan fingerprint density at radius 1 is 1.22 bits per heavy atom. The van der Waals surface area contributed by atoms with Gasteiger partial charge in [0, 0.05) is 25.2 Å². The largest absolute Gasteiger partial charge is 0.369 e. The molecule has 0 aromatic carbocycles. The van der Waals surface area contributed by atoms with Crippen LogP contribution in [0.25, 0.3) is 0 Å². The molecule has 1 aliphatic rings. The van der Waals surface area contributed by atoms with Crippen LogP contribution in [0.4, 0.5) is 0 Å². The first-order valence-corrected chi connectivity index (χ1v) is 5.51. The van der Waals surface area contributed by atoms with Crippen LogP contribution < -0.4 is 16.4 Å². The first-order valence-electron chi connectivity index (χ1n) is 5.51. The maximum atomic E-state index is 11.6. The average Bonchev–Trinajstić information content (AvgIpc) is 2.35. The van der Waals surface area contributed by atoms with E-state index in [0.717, 1.165) is 0 Å². The van der Waals surface area contributed by atoms with Crippen LogP contribution in [0.15, 0.2) is 23.3 Å². The minimum atomic E-state index is -1.03. The van der Waals surface area contributed by atoms with Crippen molar-refractivity contribution < 1.29 is 14.4 Å². The summed E-state index contributed by atoms with van der Waals surface area (Å²) in [5, 5.41) is 4.92. The quantitative estimate of drug-likeness (QED) is 0.613. The fourth-order valence-electron chi connectivity index (χ4n) is 1.81. The van der Waals surface area contributed by atoms with Gasteiger partial charge >= 0.3 is 0 Å². The topological polar surface area (TPSA) is 101 Å². The Bertz CT molecular complexity index is 465. The summed E-state index contributed by atoms with van der Waals surface area (Å²) in [6, 6.07) is 0. The molecule has 0 fully saturated rings. The van der Waals surface area contributed by atoms with Crippen LogP contribution in [0.3, 0.4) is 0 Å². The predicted molar refractivity (Wildman–Crippen MR) is 66.2 cm³/mol. The lowest BCUT2D eigenvalue weighted by Crippen LogP contribution is -2.38. The van der Waals surface area contributed by atoms with Gasteiger partial charge in [0.15, 0.2) is 0 Å². The first kappa shape index (κ1) is 14.0. The zero-order valence-electron chi connectivity index (χ0n) is 10.7. The van der Waals surface area contributed by atoms with Gasteiger partial charge in [-0.05, 0) is 19.4 Å². The number of hydrogen-bond donors (Lipinski definition) is 3. The smallest absolute Gasteiger partial charge is 0.250 e. The number of nitrogens with two attached hydrogens (primary N) is 1. The summed E-state index contributed by atoms with van der Waals surface area (Å²) >= 11 is 0. The van der Waals surface area contributed by atoms with Crippen molar-refractivity contribution >= 4 is 17.7 Å². The lowest BCUT2D eigenvalue weighted by molar-refractivity contribution is -0.124. The number of nitrogens with one attached hydrogen (secondary N) is 2. The van der Waals surface area contributed by atoms with Crippen molar-refractivity contribution in [1.82, 2.24) is 10.6 Å². The van der Waals surface area contributed by atoms with Gasteiger partial charge in [0.2, 0.25) is 11.8 Å². The Morgan fingerprint density at radius 3 is 2.22 bits per heavy atom. The van der Waals surface area contributed by atoms with Gasteiger partial charge in [0.25, 0.3) is 5.91 Å². The summed E-state index contributed by atoms with van der Waals surface area (Å²) < 4.78 is 0. The van der Waals surface area contributed by atoms with E-state index < -0.39 is 11.3 Å². The molecule has 6 heteroatoms. The highest BCUT2D eigenvalue weighted by Crippen LogP contribution is 2.33. The van der Waals surface area contributed by atoms with Crippen molar-refractivity contribution in [3.8, 4) is 0 Å². The maximum absolute atomic E-state index is 11.6. The van der Waals surface area contributed by atoms with Crippen molar-refractivity contribution in [2.75, 3.05) is 14.1 Å². The van der Waals surface area contributed by atoms with E-state index in [0.29, 0.717) is 5.57 Å². The lowest BCUT2D eigenvalue weighted by atomic mass is 9.76. The van der Waals surface area contributed by atoms with Crippen LogP contribution in [0, 0.1) is 5.41 Å². The van der Waals surface area contributed by atoms with E-state index in [4.69, 9.17) is 5.73 Å². The summed E-state index contributed by atoms with van der Waals surface area (Å²) in [5.41, 5.74) is 4.93. The highest BCUT2D eigenvalue weighted by molar-refractivity contribution is 6.03. The summed E-state index contributed by atoms with van der Waals surface area (Å²) in [6.07, 6.45) is 3.16. The number of hydrogen-bond acceptors (Lipinski definition) is 3. The summed E-state index contributed by atoms with van der Waals surface area (Å²) in [7, 11) is 2.97. The van der Waals surface area contributed by atoms with Gasteiger partial charge in [-0.3, -0.25) is 14.4 Å². The summed E-state index contributed by atoms with van der Waals surface area (Å²) in [5.74, 6) is -1.25. The third-order valence-electron chi connectivity index (χ3n) is 2.93. The molecule has 0 bridgehead atoms. The van der Waals surface area contributed by atoms with Gasteiger partial charge in [-0.15, -0.1) is 0 Å². The van der Waals surface area contributed by atoms with Gasteiger partial charge in [0.05, 0.1) is 5.41 Å². The highest BCUT2D eigenvalue weighted by atomic mass is 16.2. The molecule has 98 valence electrons. The van der Waals surface area contributed by atoms with Crippen LogP contribution >= 0.6 is 0 Å².